The van der Waals surface area contributed by atoms with Crippen molar-refractivity contribution < 1.29 is 18.0 Å². The molecule has 2 aliphatic heterocycles. The Balaban J connectivity index is 2.17. The number of carbonyl (C=O) groups excluding carboxylic acids is 2. The number of β-lactam (4-membered cyclic amide) rings is 1. The standard InChI is InChI=1S/C8H12N2O4S/c1-15(13,14)10-3-2-8(4-6(10)11)5-9-7(8)12/h2-5H2,1H3,(H,9,12). The van der Waals surface area contributed by atoms with Gasteiger partial charge in [0.05, 0.1) is 11.7 Å². The van der Waals surface area contributed by atoms with Crippen LogP contribution in [0.2, 0.25) is 0 Å². The molecular formula is C8H12N2O4S. The Morgan fingerprint density at radius 2 is 2.07 bits per heavy atom. The summed E-state index contributed by atoms with van der Waals surface area (Å²) in [5.41, 5.74) is -0.627. The van der Waals surface area contributed by atoms with Crippen molar-refractivity contribution in [1.82, 2.24) is 9.62 Å². The van der Waals surface area contributed by atoms with Gasteiger partial charge in [0, 0.05) is 19.5 Å². The highest BCUT2D eigenvalue weighted by molar-refractivity contribution is 7.88. The number of piperidine rings is 1. The fourth-order valence-electron chi connectivity index (χ4n) is 2.01. The first-order chi connectivity index (χ1) is 6.85. The van der Waals surface area contributed by atoms with Crippen molar-refractivity contribution in [3.63, 3.8) is 0 Å². The lowest BCUT2D eigenvalue weighted by molar-refractivity contribution is -0.150. The van der Waals surface area contributed by atoms with Gasteiger partial charge in [0.25, 0.3) is 0 Å². The van der Waals surface area contributed by atoms with E-state index in [2.05, 4.69) is 5.32 Å². The van der Waals surface area contributed by atoms with Crippen molar-refractivity contribution in [2.75, 3.05) is 19.3 Å². The molecule has 1 unspecified atom stereocenters. The summed E-state index contributed by atoms with van der Waals surface area (Å²) in [4.78, 5) is 22.8. The molecule has 2 heterocycles. The van der Waals surface area contributed by atoms with Crippen LogP contribution in [0.15, 0.2) is 0 Å². The highest BCUT2D eigenvalue weighted by Gasteiger charge is 2.52. The second-order valence-electron chi connectivity index (χ2n) is 4.12. The summed E-state index contributed by atoms with van der Waals surface area (Å²) in [7, 11) is -3.47. The van der Waals surface area contributed by atoms with E-state index in [1.807, 2.05) is 0 Å². The predicted molar refractivity (Wildman–Crippen MR) is 51.2 cm³/mol. The van der Waals surface area contributed by atoms with Gasteiger partial charge < -0.3 is 5.32 Å². The molecule has 7 heteroatoms. The minimum atomic E-state index is -3.47. The first kappa shape index (κ1) is 10.4. The highest BCUT2D eigenvalue weighted by atomic mass is 32.2. The summed E-state index contributed by atoms with van der Waals surface area (Å²) >= 11 is 0. The SMILES string of the molecule is CS(=O)(=O)N1CCC2(CNC2=O)CC1=O. The maximum atomic E-state index is 11.6. The summed E-state index contributed by atoms with van der Waals surface area (Å²) in [6.07, 6.45) is 1.44. The lowest BCUT2D eigenvalue weighted by Gasteiger charge is -2.45. The van der Waals surface area contributed by atoms with Crippen LogP contribution in [0.25, 0.3) is 0 Å². The molecule has 2 amide bonds. The van der Waals surface area contributed by atoms with E-state index in [1.54, 1.807) is 0 Å². The zero-order valence-electron chi connectivity index (χ0n) is 8.32. The van der Waals surface area contributed by atoms with Gasteiger partial charge in [0.15, 0.2) is 0 Å². The predicted octanol–water partition coefficient (Wildman–Crippen LogP) is -1.32. The third-order valence-corrected chi connectivity index (χ3v) is 4.22. The molecule has 2 aliphatic rings. The summed E-state index contributed by atoms with van der Waals surface area (Å²) < 4.78 is 23.3. The Kier molecular flexibility index (Phi) is 2.04. The number of sulfonamides is 1. The number of nitrogens with zero attached hydrogens (tertiary/aromatic N) is 1. The number of amides is 2. The lowest BCUT2D eigenvalue weighted by atomic mass is 9.73. The van der Waals surface area contributed by atoms with Crippen LogP contribution in [0, 0.1) is 5.41 Å². The second kappa shape index (κ2) is 2.94. The number of nitrogens with one attached hydrogen (secondary N) is 1. The average molecular weight is 232 g/mol. The van der Waals surface area contributed by atoms with E-state index in [9.17, 15) is 18.0 Å². The molecule has 2 saturated heterocycles. The molecule has 2 fully saturated rings. The fourth-order valence-corrected chi connectivity index (χ4v) is 2.87. The third-order valence-electron chi connectivity index (χ3n) is 3.03. The van der Waals surface area contributed by atoms with Crippen molar-refractivity contribution in [2.45, 2.75) is 12.8 Å². The molecule has 0 bridgehead atoms. The molecule has 6 nitrogen and oxygen atoms in total. The van der Waals surface area contributed by atoms with Gasteiger partial charge in [-0.2, -0.15) is 0 Å². The van der Waals surface area contributed by atoms with Gasteiger partial charge in [-0.15, -0.1) is 0 Å². The topological polar surface area (TPSA) is 83.6 Å². The molecule has 1 N–H and O–H groups in total. The van der Waals surface area contributed by atoms with Gasteiger partial charge in [-0.25, -0.2) is 12.7 Å². The van der Waals surface area contributed by atoms with Crippen molar-refractivity contribution in [3.05, 3.63) is 0 Å². The first-order valence-corrected chi connectivity index (χ1v) is 6.49. The van der Waals surface area contributed by atoms with Crippen LogP contribution in [0.1, 0.15) is 12.8 Å². The van der Waals surface area contributed by atoms with E-state index in [4.69, 9.17) is 0 Å². The minimum Gasteiger partial charge on any atom is -0.354 e. The molecule has 84 valence electrons. The van der Waals surface area contributed by atoms with E-state index < -0.39 is 21.3 Å². The van der Waals surface area contributed by atoms with Gasteiger partial charge >= 0.3 is 0 Å². The normalized spacial score (nSPS) is 31.4. The summed E-state index contributed by atoms with van der Waals surface area (Å²) in [6.45, 7) is 0.597. The number of hydrogen-bond donors (Lipinski definition) is 1. The lowest BCUT2D eigenvalue weighted by Crippen LogP contribution is -2.64. The monoisotopic (exact) mass is 232 g/mol. The van der Waals surface area contributed by atoms with Crippen LogP contribution in [0.3, 0.4) is 0 Å². The average Bonchev–Trinajstić information content (AvgIpc) is 2.13. The fraction of sp³-hybridized carbons (Fsp3) is 0.750. The zero-order chi connectivity index (χ0) is 11.3. The molecule has 0 radical (unpaired) electrons. The zero-order valence-corrected chi connectivity index (χ0v) is 9.13. The molecule has 0 aromatic heterocycles. The maximum absolute atomic E-state index is 11.6. The van der Waals surface area contributed by atoms with Crippen molar-refractivity contribution in [1.29, 1.82) is 0 Å². The molecule has 15 heavy (non-hydrogen) atoms. The van der Waals surface area contributed by atoms with Crippen LogP contribution in [0.4, 0.5) is 0 Å². The van der Waals surface area contributed by atoms with Crippen LogP contribution >= 0.6 is 0 Å². The number of hydrogen-bond acceptors (Lipinski definition) is 4. The Morgan fingerprint density at radius 3 is 2.40 bits per heavy atom. The van der Waals surface area contributed by atoms with Gasteiger partial charge in [-0.3, -0.25) is 9.59 Å². The highest BCUT2D eigenvalue weighted by Crippen LogP contribution is 2.37. The van der Waals surface area contributed by atoms with Crippen LogP contribution in [-0.2, 0) is 19.6 Å². The molecule has 0 aromatic rings. The summed E-state index contributed by atoms with van der Waals surface area (Å²) in [5.74, 6) is -0.609. The van der Waals surface area contributed by atoms with Crippen LogP contribution in [0.5, 0.6) is 0 Å². The van der Waals surface area contributed by atoms with E-state index in [0.29, 0.717) is 13.0 Å². The molecule has 1 spiro atoms. The molecular weight excluding hydrogens is 220 g/mol. The molecule has 0 saturated carbocycles. The van der Waals surface area contributed by atoms with Gasteiger partial charge in [-0.1, -0.05) is 0 Å². The van der Waals surface area contributed by atoms with E-state index in [0.717, 1.165) is 10.6 Å². The van der Waals surface area contributed by atoms with Gasteiger partial charge in [0.1, 0.15) is 0 Å². The Labute approximate surface area is 87.7 Å². The van der Waals surface area contributed by atoms with Crippen molar-refractivity contribution in [3.8, 4) is 0 Å². The Hall–Kier alpha value is -1.11. The van der Waals surface area contributed by atoms with Crippen LogP contribution in [-0.4, -0.2) is 43.9 Å². The van der Waals surface area contributed by atoms with Gasteiger partial charge in [0.2, 0.25) is 21.8 Å². The number of rotatable bonds is 1. The van der Waals surface area contributed by atoms with Crippen LogP contribution < -0.4 is 5.32 Å². The largest absolute Gasteiger partial charge is 0.354 e. The quantitative estimate of drug-likeness (QED) is 0.569. The summed E-state index contributed by atoms with van der Waals surface area (Å²) in [5, 5.41) is 2.58. The Morgan fingerprint density at radius 1 is 1.40 bits per heavy atom. The van der Waals surface area contributed by atoms with E-state index >= 15 is 0 Å². The van der Waals surface area contributed by atoms with Crippen molar-refractivity contribution >= 4 is 21.8 Å². The minimum absolute atomic E-state index is 0.00586. The molecule has 0 aromatic carbocycles. The van der Waals surface area contributed by atoms with E-state index in [-0.39, 0.29) is 18.9 Å². The van der Waals surface area contributed by atoms with Crippen molar-refractivity contribution in [2.24, 2.45) is 5.41 Å². The molecule has 0 aliphatic carbocycles. The second-order valence-corrected chi connectivity index (χ2v) is 6.03. The third kappa shape index (κ3) is 1.50. The van der Waals surface area contributed by atoms with Gasteiger partial charge in [-0.05, 0) is 6.42 Å². The smallest absolute Gasteiger partial charge is 0.237 e. The summed E-state index contributed by atoms with van der Waals surface area (Å²) in [6, 6.07) is 0. The Bertz CT molecular complexity index is 430. The van der Waals surface area contributed by atoms with E-state index in [1.165, 1.54) is 0 Å². The maximum Gasteiger partial charge on any atom is 0.237 e. The molecule has 1 atom stereocenters. The number of carbonyl (C=O) groups is 2. The first-order valence-electron chi connectivity index (χ1n) is 4.64. The molecule has 2 rings (SSSR count).